The average molecular weight is 491 g/mol. The third kappa shape index (κ3) is 8.76. The molecular weight excluding hydrogens is 457 g/mol. The molecule has 2 unspecified atom stereocenters. The summed E-state index contributed by atoms with van der Waals surface area (Å²) in [6.07, 6.45) is 2.41. The largest absolute Gasteiger partial charge is 0.382 e. The molecule has 0 radical (unpaired) electrons. The fourth-order valence-corrected chi connectivity index (χ4v) is 3.11. The molecule has 2 atom stereocenters. The van der Waals surface area contributed by atoms with Gasteiger partial charge < -0.3 is 24.8 Å². The Balaban J connectivity index is 0.00000364. The number of nitrogens with one attached hydrogen (secondary N) is 2. The Hall–Kier alpha value is -0.900. The van der Waals surface area contributed by atoms with Crippen molar-refractivity contribution in [2.75, 3.05) is 53.7 Å². The predicted octanol–water partition coefficient (Wildman–Crippen LogP) is 2.91. The van der Waals surface area contributed by atoms with Crippen molar-refractivity contribution in [3.63, 3.8) is 0 Å². The van der Waals surface area contributed by atoms with E-state index >= 15 is 0 Å². The number of rotatable bonds is 9. The molecule has 1 fully saturated rings. The van der Waals surface area contributed by atoms with E-state index in [4.69, 9.17) is 14.2 Å². The number of nitrogens with zero attached hydrogens (tertiary/aromatic N) is 1. The first-order valence-corrected chi connectivity index (χ1v) is 9.44. The number of hydrogen-bond acceptors (Lipinski definition) is 4. The molecule has 1 heterocycles. The molecule has 0 aliphatic carbocycles. The van der Waals surface area contributed by atoms with Crippen molar-refractivity contribution < 1.29 is 14.2 Å². The maximum Gasteiger partial charge on any atom is 0.191 e. The second kappa shape index (κ2) is 14.1. The molecule has 2 N–H and O–H groups in total. The molecule has 1 saturated heterocycles. The lowest BCUT2D eigenvalue weighted by Gasteiger charge is -2.32. The highest BCUT2D eigenvalue weighted by molar-refractivity contribution is 14.0. The van der Waals surface area contributed by atoms with E-state index in [0.29, 0.717) is 32.3 Å². The highest BCUT2D eigenvalue weighted by atomic mass is 127. The minimum Gasteiger partial charge on any atom is -0.382 e. The molecule has 2 rings (SSSR count). The highest BCUT2D eigenvalue weighted by Gasteiger charge is 2.27. The molecule has 0 amide bonds. The smallest absolute Gasteiger partial charge is 0.191 e. The zero-order valence-corrected chi connectivity index (χ0v) is 19.0. The second-order valence-corrected chi connectivity index (χ2v) is 6.59. The zero-order valence-electron chi connectivity index (χ0n) is 16.7. The quantitative estimate of drug-likeness (QED) is 0.241. The van der Waals surface area contributed by atoms with Crippen LogP contribution < -0.4 is 10.6 Å². The van der Waals surface area contributed by atoms with E-state index in [1.54, 1.807) is 14.2 Å². The van der Waals surface area contributed by atoms with E-state index in [1.807, 2.05) is 0 Å². The first-order chi connectivity index (χ1) is 12.7. The van der Waals surface area contributed by atoms with Gasteiger partial charge in [0.25, 0.3) is 0 Å². The van der Waals surface area contributed by atoms with Crippen LogP contribution in [0.25, 0.3) is 0 Å². The maximum atomic E-state index is 6.09. The van der Waals surface area contributed by atoms with Crippen LogP contribution >= 0.6 is 24.0 Å². The molecule has 0 saturated carbocycles. The van der Waals surface area contributed by atoms with Gasteiger partial charge in [-0.05, 0) is 25.3 Å². The molecule has 1 aromatic rings. The summed E-state index contributed by atoms with van der Waals surface area (Å²) < 4.78 is 16.5. The summed E-state index contributed by atoms with van der Waals surface area (Å²) >= 11 is 0. The van der Waals surface area contributed by atoms with Crippen LogP contribution in [0.5, 0.6) is 0 Å². The lowest BCUT2D eigenvalue weighted by atomic mass is 9.89. The number of ether oxygens (including phenoxy) is 3. The highest BCUT2D eigenvalue weighted by Crippen LogP contribution is 2.33. The van der Waals surface area contributed by atoms with Crippen LogP contribution in [0.15, 0.2) is 29.3 Å². The van der Waals surface area contributed by atoms with E-state index in [2.05, 4.69) is 46.8 Å². The van der Waals surface area contributed by atoms with Crippen LogP contribution in [0.1, 0.15) is 30.1 Å². The summed E-state index contributed by atoms with van der Waals surface area (Å²) in [7, 11) is 3.46. The Morgan fingerprint density at radius 1 is 1.19 bits per heavy atom. The van der Waals surface area contributed by atoms with Gasteiger partial charge in [0.1, 0.15) is 0 Å². The van der Waals surface area contributed by atoms with Gasteiger partial charge >= 0.3 is 0 Å². The van der Waals surface area contributed by atoms with Crippen molar-refractivity contribution in [2.45, 2.75) is 25.9 Å². The Labute approximate surface area is 180 Å². The number of guanidine groups is 1. The van der Waals surface area contributed by atoms with E-state index in [9.17, 15) is 0 Å². The Kier molecular flexibility index (Phi) is 12.6. The molecule has 0 bridgehead atoms. The molecule has 154 valence electrons. The standard InChI is InChI=1S/C20H33N3O3.HI/c1-16-6-8-17(9-7-16)19-18(5-4-11-26-19)15-23-20(21-2)22-10-12-25-14-13-24-3;/h6-9,18-19H,4-5,10-15H2,1-3H3,(H2,21,22,23);1H. The summed E-state index contributed by atoms with van der Waals surface area (Å²) in [5, 5.41) is 6.71. The van der Waals surface area contributed by atoms with Crippen LogP contribution in [-0.4, -0.2) is 59.6 Å². The Bertz CT molecular complexity index is 540. The normalized spacial score (nSPS) is 20.0. The lowest BCUT2D eigenvalue weighted by Crippen LogP contribution is -2.43. The van der Waals surface area contributed by atoms with Gasteiger partial charge in [-0.2, -0.15) is 0 Å². The fourth-order valence-electron chi connectivity index (χ4n) is 3.11. The molecule has 1 aliphatic rings. The topological polar surface area (TPSA) is 64.1 Å². The zero-order chi connectivity index (χ0) is 18.6. The van der Waals surface area contributed by atoms with Gasteiger partial charge in [0.05, 0.1) is 25.9 Å². The van der Waals surface area contributed by atoms with Gasteiger partial charge in [-0.1, -0.05) is 29.8 Å². The molecule has 0 spiro atoms. The number of methoxy groups -OCH3 is 1. The summed E-state index contributed by atoms with van der Waals surface area (Å²) in [5.74, 6) is 1.23. The summed E-state index contributed by atoms with van der Waals surface area (Å²) in [6, 6.07) is 8.68. The first kappa shape index (κ1) is 24.1. The third-order valence-corrected chi connectivity index (χ3v) is 4.58. The SMILES string of the molecule is CN=C(NCCOCCOC)NCC1CCCOC1c1ccc(C)cc1.I. The molecule has 1 aliphatic heterocycles. The minimum atomic E-state index is 0. The van der Waals surface area contributed by atoms with Crippen LogP contribution in [0, 0.1) is 12.8 Å². The van der Waals surface area contributed by atoms with E-state index < -0.39 is 0 Å². The second-order valence-electron chi connectivity index (χ2n) is 6.59. The van der Waals surface area contributed by atoms with Crippen LogP contribution in [0.4, 0.5) is 0 Å². The molecular formula is C20H34IN3O3. The van der Waals surface area contributed by atoms with Crippen molar-refractivity contribution in [2.24, 2.45) is 10.9 Å². The van der Waals surface area contributed by atoms with Gasteiger partial charge in [-0.25, -0.2) is 0 Å². The number of hydrogen-bond donors (Lipinski definition) is 2. The third-order valence-electron chi connectivity index (χ3n) is 4.58. The molecule has 0 aromatic heterocycles. The van der Waals surface area contributed by atoms with Gasteiger partial charge in [0, 0.05) is 39.8 Å². The summed E-state index contributed by atoms with van der Waals surface area (Å²) in [4.78, 5) is 4.29. The number of aryl methyl sites for hydroxylation is 1. The number of aliphatic imine (C=N–C) groups is 1. The molecule has 7 heteroatoms. The van der Waals surface area contributed by atoms with E-state index in [0.717, 1.165) is 32.0 Å². The predicted molar refractivity (Wildman–Crippen MR) is 120 cm³/mol. The number of benzene rings is 1. The first-order valence-electron chi connectivity index (χ1n) is 9.44. The van der Waals surface area contributed by atoms with Gasteiger partial charge in [-0.3, -0.25) is 4.99 Å². The fraction of sp³-hybridized carbons (Fsp3) is 0.650. The van der Waals surface area contributed by atoms with Crippen molar-refractivity contribution in [1.82, 2.24) is 10.6 Å². The van der Waals surface area contributed by atoms with E-state index in [1.165, 1.54) is 11.1 Å². The van der Waals surface area contributed by atoms with Crippen LogP contribution in [-0.2, 0) is 14.2 Å². The van der Waals surface area contributed by atoms with Gasteiger partial charge in [0.15, 0.2) is 5.96 Å². The van der Waals surface area contributed by atoms with Crippen LogP contribution in [0.3, 0.4) is 0 Å². The monoisotopic (exact) mass is 491 g/mol. The number of halogens is 1. The average Bonchev–Trinajstić information content (AvgIpc) is 2.68. The van der Waals surface area contributed by atoms with Gasteiger partial charge in [0.2, 0.25) is 0 Å². The van der Waals surface area contributed by atoms with E-state index in [-0.39, 0.29) is 30.1 Å². The Morgan fingerprint density at radius 2 is 1.96 bits per heavy atom. The van der Waals surface area contributed by atoms with Crippen molar-refractivity contribution in [3.8, 4) is 0 Å². The maximum absolute atomic E-state index is 6.09. The van der Waals surface area contributed by atoms with Crippen molar-refractivity contribution in [3.05, 3.63) is 35.4 Å². The Morgan fingerprint density at radius 3 is 2.67 bits per heavy atom. The lowest BCUT2D eigenvalue weighted by molar-refractivity contribution is -0.0265. The summed E-state index contributed by atoms with van der Waals surface area (Å²) in [6.45, 7) is 6.36. The molecule has 1 aromatic carbocycles. The van der Waals surface area contributed by atoms with Crippen LogP contribution in [0.2, 0.25) is 0 Å². The minimum absolute atomic E-state index is 0. The van der Waals surface area contributed by atoms with Crippen molar-refractivity contribution in [1.29, 1.82) is 0 Å². The van der Waals surface area contributed by atoms with Gasteiger partial charge in [-0.15, -0.1) is 24.0 Å². The molecule has 6 nitrogen and oxygen atoms in total. The van der Waals surface area contributed by atoms with Crippen molar-refractivity contribution >= 4 is 29.9 Å². The summed E-state index contributed by atoms with van der Waals surface area (Å²) in [5.41, 5.74) is 2.54. The molecule has 27 heavy (non-hydrogen) atoms.